The molecular formula is C22H22N4O2. The number of rotatable bonds is 5. The summed E-state index contributed by atoms with van der Waals surface area (Å²) < 4.78 is 1.89. The smallest absolute Gasteiger partial charge is 0.251 e. The van der Waals surface area contributed by atoms with Gasteiger partial charge >= 0.3 is 0 Å². The van der Waals surface area contributed by atoms with E-state index in [1.165, 1.54) is 6.08 Å². The van der Waals surface area contributed by atoms with Crippen LogP contribution >= 0.6 is 0 Å². The second kappa shape index (κ2) is 7.68. The summed E-state index contributed by atoms with van der Waals surface area (Å²) in [6.45, 7) is 4.47. The lowest BCUT2D eigenvalue weighted by Crippen LogP contribution is -2.58. The van der Waals surface area contributed by atoms with E-state index < -0.39 is 6.04 Å². The van der Waals surface area contributed by atoms with Gasteiger partial charge in [-0.3, -0.25) is 14.5 Å². The molecule has 0 N–H and O–H groups in total. The quantitative estimate of drug-likeness (QED) is 0.645. The van der Waals surface area contributed by atoms with Gasteiger partial charge in [0.1, 0.15) is 11.7 Å². The highest BCUT2D eigenvalue weighted by atomic mass is 16.2. The lowest BCUT2D eigenvalue weighted by molar-refractivity contribution is -0.138. The molecule has 1 saturated heterocycles. The maximum absolute atomic E-state index is 13.3. The van der Waals surface area contributed by atoms with Gasteiger partial charge in [0, 0.05) is 19.3 Å². The minimum Gasteiger partial charge on any atom is -0.325 e. The highest BCUT2D eigenvalue weighted by molar-refractivity contribution is 6.01. The molecule has 0 aliphatic carbocycles. The molecule has 3 heterocycles. The molecule has 1 aliphatic heterocycles. The van der Waals surface area contributed by atoms with Gasteiger partial charge in [-0.15, -0.1) is 0 Å². The molecule has 1 fully saturated rings. The van der Waals surface area contributed by atoms with Gasteiger partial charge in [0.25, 0.3) is 5.91 Å². The number of carbonyl (C=O) groups excluding carboxylic acids is 2. The van der Waals surface area contributed by atoms with Crippen molar-refractivity contribution in [3.8, 4) is 0 Å². The van der Waals surface area contributed by atoms with E-state index in [-0.39, 0.29) is 11.8 Å². The minimum atomic E-state index is -0.524. The summed E-state index contributed by atoms with van der Waals surface area (Å²) in [6.07, 6.45) is 6.32. The van der Waals surface area contributed by atoms with E-state index in [0.29, 0.717) is 25.3 Å². The molecule has 0 spiro atoms. The molecule has 1 aliphatic rings. The summed E-state index contributed by atoms with van der Waals surface area (Å²) in [7, 11) is 0. The van der Waals surface area contributed by atoms with Crippen LogP contribution in [0.4, 0.5) is 5.82 Å². The Labute approximate surface area is 163 Å². The first kappa shape index (κ1) is 18.0. The molecule has 142 valence electrons. The number of imidazole rings is 1. The van der Waals surface area contributed by atoms with Gasteiger partial charge in [0.05, 0.1) is 6.20 Å². The molecule has 0 radical (unpaired) electrons. The van der Waals surface area contributed by atoms with E-state index >= 15 is 0 Å². The third-order valence-corrected chi connectivity index (χ3v) is 5.13. The Morgan fingerprint density at radius 2 is 1.93 bits per heavy atom. The van der Waals surface area contributed by atoms with Crippen molar-refractivity contribution in [2.45, 2.75) is 18.9 Å². The summed E-state index contributed by atoms with van der Waals surface area (Å²) in [5.41, 5.74) is 1.93. The largest absolute Gasteiger partial charge is 0.325 e. The highest BCUT2D eigenvalue weighted by Crippen LogP contribution is 2.23. The number of aromatic nitrogens is 2. The van der Waals surface area contributed by atoms with E-state index in [1.54, 1.807) is 9.80 Å². The Morgan fingerprint density at radius 1 is 1.14 bits per heavy atom. The molecule has 2 amide bonds. The van der Waals surface area contributed by atoms with Gasteiger partial charge < -0.3 is 9.30 Å². The van der Waals surface area contributed by atoms with Crippen LogP contribution in [-0.4, -0.2) is 45.2 Å². The van der Waals surface area contributed by atoms with E-state index in [1.807, 2.05) is 65.3 Å². The number of benzene rings is 1. The molecule has 4 rings (SSSR count). The molecular weight excluding hydrogens is 352 g/mol. The number of pyridine rings is 1. The molecule has 6 heteroatoms. The van der Waals surface area contributed by atoms with E-state index in [4.69, 9.17) is 0 Å². The molecule has 1 aromatic carbocycles. The number of hydrogen-bond acceptors (Lipinski definition) is 3. The summed E-state index contributed by atoms with van der Waals surface area (Å²) in [6, 6.07) is 15.2. The lowest BCUT2D eigenvalue weighted by Gasteiger charge is -2.39. The maximum atomic E-state index is 13.3. The zero-order valence-corrected chi connectivity index (χ0v) is 15.6. The SMILES string of the molecule is C=CC(=O)N1CCN(c2cn3ccccc3n2)C(=O)[C@H]1CCc1ccccc1. The third-order valence-electron chi connectivity index (χ3n) is 5.13. The predicted molar refractivity (Wildman–Crippen MR) is 108 cm³/mol. The van der Waals surface area contributed by atoms with Crippen molar-refractivity contribution in [2.24, 2.45) is 0 Å². The number of amides is 2. The Hall–Kier alpha value is -3.41. The van der Waals surface area contributed by atoms with Crippen LogP contribution in [0, 0.1) is 0 Å². The number of carbonyl (C=O) groups is 2. The van der Waals surface area contributed by atoms with Gasteiger partial charge in [-0.2, -0.15) is 0 Å². The molecule has 2 aromatic heterocycles. The Balaban J connectivity index is 1.59. The van der Waals surface area contributed by atoms with Crippen molar-refractivity contribution >= 4 is 23.3 Å². The van der Waals surface area contributed by atoms with Gasteiger partial charge in [-0.05, 0) is 36.6 Å². The Morgan fingerprint density at radius 3 is 2.68 bits per heavy atom. The van der Waals surface area contributed by atoms with Crippen LogP contribution in [0.1, 0.15) is 12.0 Å². The zero-order chi connectivity index (χ0) is 19.5. The molecule has 1 atom stereocenters. The second-order valence-corrected chi connectivity index (χ2v) is 6.83. The Kier molecular flexibility index (Phi) is 4.93. The molecule has 28 heavy (non-hydrogen) atoms. The third kappa shape index (κ3) is 3.41. The van der Waals surface area contributed by atoms with Crippen LogP contribution in [0.25, 0.3) is 5.65 Å². The highest BCUT2D eigenvalue weighted by Gasteiger charge is 2.37. The fraction of sp³-hybridized carbons (Fsp3) is 0.227. The Bertz CT molecular complexity index is 979. The van der Waals surface area contributed by atoms with Crippen LogP contribution < -0.4 is 4.90 Å². The van der Waals surface area contributed by atoms with Crippen molar-refractivity contribution in [1.82, 2.24) is 14.3 Å². The first-order valence-electron chi connectivity index (χ1n) is 9.39. The van der Waals surface area contributed by atoms with Crippen LogP contribution in [0.15, 0.2) is 73.6 Å². The first-order valence-corrected chi connectivity index (χ1v) is 9.39. The van der Waals surface area contributed by atoms with Gasteiger partial charge in [-0.1, -0.05) is 43.0 Å². The number of anilines is 1. The van der Waals surface area contributed by atoms with Crippen molar-refractivity contribution in [3.05, 3.63) is 79.1 Å². The fourth-order valence-electron chi connectivity index (χ4n) is 3.67. The molecule has 3 aromatic rings. The summed E-state index contributed by atoms with van der Waals surface area (Å²) in [5, 5.41) is 0. The van der Waals surface area contributed by atoms with E-state index in [9.17, 15) is 9.59 Å². The minimum absolute atomic E-state index is 0.0965. The molecule has 0 unspecified atom stereocenters. The average molecular weight is 374 g/mol. The van der Waals surface area contributed by atoms with Crippen LogP contribution in [0.2, 0.25) is 0 Å². The first-order chi connectivity index (χ1) is 13.7. The fourth-order valence-corrected chi connectivity index (χ4v) is 3.67. The second-order valence-electron chi connectivity index (χ2n) is 6.83. The van der Waals surface area contributed by atoms with Crippen molar-refractivity contribution in [1.29, 1.82) is 0 Å². The molecule has 0 saturated carbocycles. The monoisotopic (exact) mass is 374 g/mol. The topological polar surface area (TPSA) is 57.9 Å². The predicted octanol–water partition coefficient (Wildman–Crippen LogP) is 2.70. The van der Waals surface area contributed by atoms with Crippen LogP contribution in [-0.2, 0) is 16.0 Å². The number of aryl methyl sites for hydroxylation is 1. The molecule has 6 nitrogen and oxygen atoms in total. The number of hydrogen-bond donors (Lipinski definition) is 0. The maximum Gasteiger partial charge on any atom is 0.251 e. The van der Waals surface area contributed by atoms with E-state index in [0.717, 1.165) is 17.6 Å². The van der Waals surface area contributed by atoms with Crippen molar-refractivity contribution < 1.29 is 9.59 Å². The van der Waals surface area contributed by atoms with E-state index in [2.05, 4.69) is 11.6 Å². The average Bonchev–Trinajstić information content (AvgIpc) is 3.16. The van der Waals surface area contributed by atoms with Crippen LogP contribution in [0.3, 0.4) is 0 Å². The summed E-state index contributed by atoms with van der Waals surface area (Å²) >= 11 is 0. The number of nitrogens with zero attached hydrogens (tertiary/aromatic N) is 4. The summed E-state index contributed by atoms with van der Waals surface area (Å²) in [4.78, 5) is 33.5. The van der Waals surface area contributed by atoms with Crippen molar-refractivity contribution in [2.75, 3.05) is 18.0 Å². The lowest BCUT2D eigenvalue weighted by atomic mass is 10.0. The van der Waals surface area contributed by atoms with Gasteiger partial charge in [-0.25, -0.2) is 4.98 Å². The number of piperazine rings is 1. The van der Waals surface area contributed by atoms with Gasteiger partial charge in [0.15, 0.2) is 5.82 Å². The zero-order valence-electron chi connectivity index (χ0n) is 15.6. The normalized spacial score (nSPS) is 17.1. The van der Waals surface area contributed by atoms with Gasteiger partial charge in [0.2, 0.25) is 5.91 Å². The standard InChI is InChI=1S/C22H22N4O2/c1-2-21(27)25-14-15-26(20-16-24-13-7-6-10-19(24)23-20)22(28)18(25)12-11-17-8-4-3-5-9-17/h2-10,13,16,18H,1,11-12,14-15H2/t18-/m1/s1. The number of fused-ring (bicyclic) bond motifs is 1. The molecule has 0 bridgehead atoms. The van der Waals surface area contributed by atoms with Crippen LogP contribution in [0.5, 0.6) is 0 Å². The summed E-state index contributed by atoms with van der Waals surface area (Å²) in [5.74, 6) is 0.313. The van der Waals surface area contributed by atoms with Crippen molar-refractivity contribution in [3.63, 3.8) is 0 Å².